The second kappa shape index (κ2) is 3.90. The first-order valence-electron chi connectivity index (χ1n) is 6.80. The van der Waals surface area contributed by atoms with E-state index in [9.17, 15) is 9.59 Å². The summed E-state index contributed by atoms with van der Waals surface area (Å²) in [5, 5.41) is 0. The first-order chi connectivity index (χ1) is 9.25. The van der Waals surface area contributed by atoms with E-state index in [1.807, 2.05) is 30.3 Å². The quantitative estimate of drug-likeness (QED) is 0.751. The largest absolute Gasteiger partial charge is 0.373 e. The Balaban J connectivity index is 1.61. The minimum atomic E-state index is -0.213. The van der Waals surface area contributed by atoms with Crippen molar-refractivity contribution in [2.75, 3.05) is 0 Å². The molecule has 4 rings (SSSR count). The number of benzene rings is 1. The van der Waals surface area contributed by atoms with Gasteiger partial charge < -0.3 is 4.74 Å². The van der Waals surface area contributed by atoms with Gasteiger partial charge in [0.15, 0.2) is 0 Å². The van der Waals surface area contributed by atoms with Crippen LogP contribution in [0.4, 0.5) is 0 Å². The maximum Gasteiger partial charge on any atom is 0.236 e. The molecule has 0 radical (unpaired) electrons. The summed E-state index contributed by atoms with van der Waals surface area (Å²) in [6, 6.07) is 9.67. The van der Waals surface area contributed by atoms with Crippen molar-refractivity contribution < 1.29 is 14.3 Å². The molecule has 19 heavy (non-hydrogen) atoms. The maximum absolute atomic E-state index is 12.4. The van der Waals surface area contributed by atoms with Crippen molar-refractivity contribution in [3.05, 3.63) is 35.9 Å². The number of ether oxygens (including phenoxy) is 1. The maximum atomic E-state index is 12.4. The second-order valence-corrected chi connectivity index (χ2v) is 5.59. The number of likely N-dealkylation sites (tertiary alicyclic amines) is 1. The third kappa shape index (κ3) is 1.49. The number of carbonyl (C=O) groups excluding carboxylic acids is 2. The van der Waals surface area contributed by atoms with E-state index in [4.69, 9.17) is 4.74 Å². The van der Waals surface area contributed by atoms with E-state index < -0.39 is 0 Å². The van der Waals surface area contributed by atoms with E-state index in [0.717, 1.165) is 18.4 Å². The van der Waals surface area contributed by atoms with Gasteiger partial charge in [0.25, 0.3) is 0 Å². The second-order valence-electron chi connectivity index (χ2n) is 5.59. The molecule has 2 bridgehead atoms. The molecule has 0 N–H and O–H groups in total. The highest BCUT2D eigenvalue weighted by atomic mass is 16.5. The molecule has 1 aromatic rings. The number of nitrogens with zero attached hydrogens (tertiary/aromatic N) is 1. The normalized spacial score (nSPS) is 36.1. The van der Waals surface area contributed by atoms with Crippen molar-refractivity contribution >= 4 is 11.8 Å². The average Bonchev–Trinajstić information content (AvgIpc) is 3.10. The van der Waals surface area contributed by atoms with Crippen molar-refractivity contribution in [3.63, 3.8) is 0 Å². The molecule has 98 valence electrons. The molecule has 1 aromatic carbocycles. The Labute approximate surface area is 111 Å². The number of hydrogen-bond acceptors (Lipinski definition) is 3. The lowest BCUT2D eigenvalue weighted by Crippen LogP contribution is -2.33. The van der Waals surface area contributed by atoms with Crippen LogP contribution in [0.5, 0.6) is 0 Å². The first-order valence-corrected chi connectivity index (χ1v) is 6.80. The van der Waals surface area contributed by atoms with Gasteiger partial charge >= 0.3 is 0 Å². The van der Waals surface area contributed by atoms with Crippen LogP contribution in [0.2, 0.25) is 0 Å². The zero-order valence-electron chi connectivity index (χ0n) is 10.5. The fraction of sp³-hybridized carbons (Fsp3) is 0.467. The lowest BCUT2D eigenvalue weighted by atomic mass is 9.81. The van der Waals surface area contributed by atoms with Gasteiger partial charge in [-0.05, 0) is 18.4 Å². The third-order valence-electron chi connectivity index (χ3n) is 4.56. The van der Waals surface area contributed by atoms with Gasteiger partial charge in [0.05, 0.1) is 30.6 Å². The molecule has 2 amide bonds. The van der Waals surface area contributed by atoms with Gasteiger partial charge in [0.2, 0.25) is 11.8 Å². The summed E-state index contributed by atoms with van der Waals surface area (Å²) in [7, 11) is 0. The first kappa shape index (κ1) is 11.2. The lowest BCUT2D eigenvalue weighted by molar-refractivity contribution is -0.143. The Morgan fingerprint density at radius 1 is 1.00 bits per heavy atom. The molecule has 0 aliphatic carbocycles. The fourth-order valence-electron chi connectivity index (χ4n) is 3.70. The van der Waals surface area contributed by atoms with Crippen LogP contribution in [0.1, 0.15) is 18.4 Å². The molecule has 4 nitrogen and oxygen atoms in total. The highest BCUT2D eigenvalue weighted by molar-refractivity contribution is 6.06. The van der Waals surface area contributed by atoms with E-state index in [1.54, 1.807) is 0 Å². The number of hydrogen-bond donors (Lipinski definition) is 0. The molecule has 0 saturated carbocycles. The Bertz CT molecular complexity index is 514. The van der Waals surface area contributed by atoms with Crippen LogP contribution < -0.4 is 0 Å². The number of carbonyl (C=O) groups is 2. The molecule has 3 aliphatic heterocycles. The SMILES string of the molecule is O=C1C2C3CCC(O3)C2C(=O)N1Cc1ccccc1. The van der Waals surface area contributed by atoms with Crippen LogP contribution in [-0.2, 0) is 20.9 Å². The zero-order chi connectivity index (χ0) is 13.0. The van der Waals surface area contributed by atoms with Crippen LogP contribution in [0, 0.1) is 11.8 Å². The van der Waals surface area contributed by atoms with Crippen LogP contribution in [-0.4, -0.2) is 28.9 Å². The van der Waals surface area contributed by atoms with Crippen LogP contribution in [0.15, 0.2) is 30.3 Å². The number of fused-ring (bicyclic) bond motifs is 5. The number of amides is 2. The number of imide groups is 1. The molecule has 3 heterocycles. The van der Waals surface area contributed by atoms with Gasteiger partial charge in [0, 0.05) is 0 Å². The Morgan fingerprint density at radius 3 is 2.16 bits per heavy atom. The van der Waals surface area contributed by atoms with Gasteiger partial charge in [-0.15, -0.1) is 0 Å². The molecular formula is C15H15NO3. The predicted octanol–water partition coefficient (Wildman–Crippen LogP) is 1.35. The van der Waals surface area contributed by atoms with Crippen molar-refractivity contribution in [1.29, 1.82) is 0 Å². The highest BCUT2D eigenvalue weighted by Crippen LogP contribution is 2.48. The van der Waals surface area contributed by atoms with Crippen molar-refractivity contribution in [2.24, 2.45) is 11.8 Å². The average molecular weight is 257 g/mol. The summed E-state index contributed by atoms with van der Waals surface area (Å²) in [6.07, 6.45) is 1.80. The molecule has 0 aromatic heterocycles. The van der Waals surface area contributed by atoms with Crippen LogP contribution in [0.3, 0.4) is 0 Å². The predicted molar refractivity (Wildman–Crippen MR) is 66.9 cm³/mol. The monoisotopic (exact) mass is 257 g/mol. The third-order valence-corrected chi connectivity index (χ3v) is 4.56. The summed E-state index contributed by atoms with van der Waals surface area (Å²) in [5.74, 6) is -0.498. The van der Waals surface area contributed by atoms with E-state index in [2.05, 4.69) is 0 Å². The van der Waals surface area contributed by atoms with E-state index in [0.29, 0.717) is 6.54 Å². The summed E-state index contributed by atoms with van der Waals surface area (Å²) in [6.45, 7) is 0.394. The topological polar surface area (TPSA) is 46.6 Å². The smallest absolute Gasteiger partial charge is 0.236 e. The van der Waals surface area contributed by atoms with Crippen LogP contribution >= 0.6 is 0 Å². The molecular weight excluding hydrogens is 242 g/mol. The van der Waals surface area contributed by atoms with Gasteiger partial charge in [0.1, 0.15) is 0 Å². The van der Waals surface area contributed by atoms with Crippen LogP contribution in [0.25, 0.3) is 0 Å². The Kier molecular flexibility index (Phi) is 2.30. The summed E-state index contributed by atoms with van der Waals surface area (Å²) in [4.78, 5) is 26.3. The summed E-state index contributed by atoms with van der Waals surface area (Å²) < 4.78 is 5.71. The number of rotatable bonds is 2. The molecule has 3 aliphatic rings. The standard InChI is InChI=1S/C15H15NO3/c17-14-12-10-6-7-11(19-10)13(12)15(18)16(14)8-9-4-2-1-3-5-9/h1-5,10-13H,6-8H2. The Hall–Kier alpha value is -1.68. The minimum absolute atomic E-state index is 0.0211. The zero-order valence-corrected chi connectivity index (χ0v) is 10.5. The van der Waals surface area contributed by atoms with E-state index in [-0.39, 0.29) is 35.9 Å². The van der Waals surface area contributed by atoms with E-state index in [1.165, 1.54) is 4.90 Å². The summed E-state index contributed by atoms with van der Waals surface area (Å²) in [5.41, 5.74) is 0.998. The molecule has 4 heteroatoms. The van der Waals surface area contributed by atoms with Gasteiger partial charge in [-0.25, -0.2) is 0 Å². The molecule has 3 saturated heterocycles. The molecule has 4 atom stereocenters. The molecule has 3 fully saturated rings. The Morgan fingerprint density at radius 2 is 1.58 bits per heavy atom. The van der Waals surface area contributed by atoms with Gasteiger partial charge in [-0.2, -0.15) is 0 Å². The highest BCUT2D eigenvalue weighted by Gasteiger charge is 2.62. The van der Waals surface area contributed by atoms with Crippen molar-refractivity contribution in [3.8, 4) is 0 Å². The fourth-order valence-corrected chi connectivity index (χ4v) is 3.70. The van der Waals surface area contributed by atoms with Crippen molar-refractivity contribution in [1.82, 2.24) is 4.90 Å². The van der Waals surface area contributed by atoms with Gasteiger partial charge in [-0.3, -0.25) is 14.5 Å². The lowest BCUT2D eigenvalue weighted by Gasteiger charge is -2.17. The van der Waals surface area contributed by atoms with Gasteiger partial charge in [-0.1, -0.05) is 30.3 Å². The molecule has 0 spiro atoms. The molecule has 4 unspecified atom stereocenters. The minimum Gasteiger partial charge on any atom is -0.373 e. The van der Waals surface area contributed by atoms with E-state index >= 15 is 0 Å². The van der Waals surface area contributed by atoms with Crippen molar-refractivity contribution in [2.45, 2.75) is 31.6 Å². The summed E-state index contributed by atoms with van der Waals surface area (Å²) >= 11 is 0.